The van der Waals surface area contributed by atoms with E-state index in [0.717, 1.165) is 49.4 Å². The summed E-state index contributed by atoms with van der Waals surface area (Å²) >= 11 is 3.54. The molecule has 0 amide bonds. The predicted octanol–water partition coefficient (Wildman–Crippen LogP) is 3.36. The Morgan fingerprint density at radius 3 is 2.83 bits per heavy atom. The van der Waals surface area contributed by atoms with Crippen LogP contribution in [0.4, 0.5) is 0 Å². The van der Waals surface area contributed by atoms with Crippen LogP contribution in [0.15, 0.2) is 22.7 Å². The van der Waals surface area contributed by atoms with E-state index in [2.05, 4.69) is 28.2 Å². The summed E-state index contributed by atoms with van der Waals surface area (Å²) in [6, 6.07) is 6.01. The first-order valence-electron chi connectivity index (χ1n) is 6.38. The number of benzene rings is 1. The molecule has 0 saturated heterocycles. The van der Waals surface area contributed by atoms with E-state index in [4.69, 9.17) is 9.47 Å². The van der Waals surface area contributed by atoms with Gasteiger partial charge in [-0.2, -0.15) is 0 Å². The second kappa shape index (κ2) is 9.36. The third-order valence-corrected chi connectivity index (χ3v) is 3.33. The van der Waals surface area contributed by atoms with E-state index < -0.39 is 0 Å². The molecule has 0 aliphatic rings. The minimum atomic E-state index is 0.833. The fraction of sp³-hybridized carbons (Fsp3) is 0.571. The molecular formula is C14H22BrNO2. The first kappa shape index (κ1) is 15.5. The minimum absolute atomic E-state index is 0.833. The first-order chi connectivity index (χ1) is 8.77. The summed E-state index contributed by atoms with van der Waals surface area (Å²) in [5.41, 5.74) is 1.21. The van der Waals surface area contributed by atoms with E-state index in [-0.39, 0.29) is 0 Å². The van der Waals surface area contributed by atoms with Crippen LogP contribution in [0.3, 0.4) is 0 Å². The molecule has 0 heterocycles. The molecule has 0 aliphatic carbocycles. The fourth-order valence-electron chi connectivity index (χ4n) is 1.58. The highest BCUT2D eigenvalue weighted by molar-refractivity contribution is 9.10. The van der Waals surface area contributed by atoms with Crippen LogP contribution in [-0.4, -0.2) is 26.9 Å². The van der Waals surface area contributed by atoms with Crippen LogP contribution >= 0.6 is 15.9 Å². The van der Waals surface area contributed by atoms with Gasteiger partial charge in [0, 0.05) is 24.2 Å². The van der Waals surface area contributed by atoms with Gasteiger partial charge in [0.2, 0.25) is 0 Å². The summed E-state index contributed by atoms with van der Waals surface area (Å²) in [7, 11) is 1.69. The average molecular weight is 316 g/mol. The highest BCUT2D eigenvalue weighted by Crippen LogP contribution is 2.22. The lowest BCUT2D eigenvalue weighted by molar-refractivity contribution is 0.132. The van der Waals surface area contributed by atoms with Crippen molar-refractivity contribution in [3.05, 3.63) is 28.2 Å². The van der Waals surface area contributed by atoms with Gasteiger partial charge in [-0.15, -0.1) is 0 Å². The number of nitrogens with one attached hydrogen (secondary N) is 1. The zero-order chi connectivity index (χ0) is 13.2. The minimum Gasteiger partial charge on any atom is -0.497 e. The van der Waals surface area contributed by atoms with E-state index >= 15 is 0 Å². The fourth-order valence-corrected chi connectivity index (χ4v) is 1.97. The van der Waals surface area contributed by atoms with Crippen LogP contribution in [0, 0.1) is 0 Å². The van der Waals surface area contributed by atoms with Gasteiger partial charge < -0.3 is 14.8 Å². The molecule has 1 aromatic carbocycles. The van der Waals surface area contributed by atoms with E-state index in [0.29, 0.717) is 0 Å². The molecule has 0 spiro atoms. The van der Waals surface area contributed by atoms with Gasteiger partial charge in [-0.3, -0.25) is 0 Å². The van der Waals surface area contributed by atoms with Gasteiger partial charge in [-0.25, -0.2) is 0 Å². The van der Waals surface area contributed by atoms with Gasteiger partial charge in [0.25, 0.3) is 0 Å². The molecule has 3 nitrogen and oxygen atoms in total. The lowest BCUT2D eigenvalue weighted by Crippen LogP contribution is -2.16. The molecule has 1 rings (SSSR count). The summed E-state index contributed by atoms with van der Waals surface area (Å²) in [5, 5.41) is 3.41. The standard InChI is InChI=1S/C14H22BrNO2/c1-3-8-18-9-4-7-16-11-12-10-13(17-2)5-6-14(12)15/h5-6,10,16H,3-4,7-9,11H2,1-2H3. The smallest absolute Gasteiger partial charge is 0.119 e. The molecule has 0 saturated carbocycles. The van der Waals surface area contributed by atoms with Crippen molar-refractivity contribution in [1.82, 2.24) is 5.32 Å². The number of methoxy groups -OCH3 is 1. The Morgan fingerprint density at radius 2 is 2.11 bits per heavy atom. The number of rotatable bonds is 9. The van der Waals surface area contributed by atoms with Gasteiger partial charge in [-0.1, -0.05) is 22.9 Å². The third-order valence-electron chi connectivity index (χ3n) is 2.56. The van der Waals surface area contributed by atoms with Crippen molar-refractivity contribution in [2.24, 2.45) is 0 Å². The molecule has 1 N–H and O–H groups in total. The van der Waals surface area contributed by atoms with Crippen LogP contribution < -0.4 is 10.1 Å². The van der Waals surface area contributed by atoms with Crippen molar-refractivity contribution in [1.29, 1.82) is 0 Å². The Balaban J connectivity index is 2.22. The van der Waals surface area contributed by atoms with Crippen LogP contribution in [0.25, 0.3) is 0 Å². The Labute approximate surface area is 118 Å². The maximum Gasteiger partial charge on any atom is 0.119 e. The Morgan fingerprint density at radius 1 is 1.28 bits per heavy atom. The molecule has 18 heavy (non-hydrogen) atoms. The molecule has 0 aliphatic heterocycles. The molecule has 0 aromatic heterocycles. The second-order valence-corrected chi connectivity index (χ2v) is 4.95. The summed E-state index contributed by atoms with van der Waals surface area (Å²) < 4.78 is 11.7. The highest BCUT2D eigenvalue weighted by atomic mass is 79.9. The van der Waals surface area contributed by atoms with E-state index in [1.165, 1.54) is 5.56 Å². The third kappa shape index (κ3) is 5.85. The molecule has 0 unspecified atom stereocenters. The Kier molecular flexibility index (Phi) is 8.05. The topological polar surface area (TPSA) is 30.5 Å². The molecule has 1 aromatic rings. The zero-order valence-electron chi connectivity index (χ0n) is 11.2. The SMILES string of the molecule is CCCOCCCNCc1cc(OC)ccc1Br. The Bertz CT molecular complexity index is 345. The maximum absolute atomic E-state index is 5.43. The number of hydrogen-bond acceptors (Lipinski definition) is 3. The van der Waals surface area contributed by atoms with Gasteiger partial charge in [0.05, 0.1) is 7.11 Å². The molecular weight excluding hydrogens is 294 g/mol. The lowest BCUT2D eigenvalue weighted by Gasteiger charge is -2.09. The Hall–Kier alpha value is -0.580. The lowest BCUT2D eigenvalue weighted by atomic mass is 10.2. The molecule has 0 atom stereocenters. The normalized spacial score (nSPS) is 10.6. The van der Waals surface area contributed by atoms with E-state index in [1.54, 1.807) is 7.11 Å². The maximum atomic E-state index is 5.43. The zero-order valence-corrected chi connectivity index (χ0v) is 12.8. The highest BCUT2D eigenvalue weighted by Gasteiger charge is 2.01. The predicted molar refractivity (Wildman–Crippen MR) is 78.1 cm³/mol. The number of ether oxygens (including phenoxy) is 2. The quantitative estimate of drug-likeness (QED) is 0.709. The van der Waals surface area contributed by atoms with Crippen LogP contribution in [0.5, 0.6) is 5.75 Å². The van der Waals surface area contributed by atoms with Gasteiger partial charge in [0.15, 0.2) is 0 Å². The molecule has 4 heteroatoms. The van der Waals surface area contributed by atoms with Crippen molar-refractivity contribution in [3.8, 4) is 5.75 Å². The average Bonchev–Trinajstić information content (AvgIpc) is 2.39. The summed E-state index contributed by atoms with van der Waals surface area (Å²) in [5.74, 6) is 0.890. The largest absolute Gasteiger partial charge is 0.497 e. The number of hydrogen-bond donors (Lipinski definition) is 1. The number of halogens is 1. The van der Waals surface area contributed by atoms with Gasteiger partial charge in [0.1, 0.15) is 5.75 Å². The van der Waals surface area contributed by atoms with Crippen molar-refractivity contribution < 1.29 is 9.47 Å². The summed E-state index contributed by atoms with van der Waals surface area (Å²) in [6.45, 7) is 5.62. The van der Waals surface area contributed by atoms with Gasteiger partial charge >= 0.3 is 0 Å². The summed E-state index contributed by atoms with van der Waals surface area (Å²) in [6.07, 6.45) is 2.13. The first-order valence-corrected chi connectivity index (χ1v) is 7.18. The van der Waals surface area contributed by atoms with Crippen molar-refractivity contribution >= 4 is 15.9 Å². The summed E-state index contributed by atoms with van der Waals surface area (Å²) in [4.78, 5) is 0. The van der Waals surface area contributed by atoms with Gasteiger partial charge in [-0.05, 0) is 43.1 Å². The molecule has 0 fully saturated rings. The molecule has 0 bridgehead atoms. The van der Waals surface area contributed by atoms with E-state index in [9.17, 15) is 0 Å². The van der Waals surface area contributed by atoms with Crippen molar-refractivity contribution in [2.75, 3.05) is 26.9 Å². The van der Waals surface area contributed by atoms with Crippen molar-refractivity contribution in [2.45, 2.75) is 26.3 Å². The molecule has 102 valence electrons. The monoisotopic (exact) mass is 315 g/mol. The second-order valence-electron chi connectivity index (χ2n) is 4.10. The molecule has 0 radical (unpaired) electrons. The van der Waals surface area contributed by atoms with Crippen LogP contribution in [-0.2, 0) is 11.3 Å². The van der Waals surface area contributed by atoms with Crippen LogP contribution in [0.2, 0.25) is 0 Å². The van der Waals surface area contributed by atoms with Crippen molar-refractivity contribution in [3.63, 3.8) is 0 Å². The van der Waals surface area contributed by atoms with E-state index in [1.807, 2.05) is 18.2 Å². The van der Waals surface area contributed by atoms with Crippen LogP contribution in [0.1, 0.15) is 25.3 Å².